The zero-order chi connectivity index (χ0) is 16.5. The molecule has 0 atom stereocenters. The first kappa shape index (κ1) is 14.9. The van der Waals surface area contributed by atoms with Crippen molar-refractivity contribution in [1.29, 1.82) is 0 Å². The van der Waals surface area contributed by atoms with Crippen molar-refractivity contribution in [2.24, 2.45) is 0 Å². The van der Waals surface area contributed by atoms with E-state index in [1.807, 2.05) is 0 Å². The van der Waals surface area contributed by atoms with E-state index in [4.69, 9.17) is 0 Å². The highest BCUT2D eigenvalue weighted by Crippen LogP contribution is 2.27. The summed E-state index contributed by atoms with van der Waals surface area (Å²) in [6.07, 6.45) is 5.69. The van der Waals surface area contributed by atoms with Crippen molar-refractivity contribution < 1.29 is 0 Å². The van der Waals surface area contributed by atoms with Gasteiger partial charge in [0.2, 0.25) is 0 Å². The predicted octanol–water partition coefficient (Wildman–Crippen LogP) is 5.20. The fraction of sp³-hybridized carbons (Fsp3) is 0.238. The molecular weight excluding hydrogens is 294 g/mol. The van der Waals surface area contributed by atoms with Crippen LogP contribution in [0.3, 0.4) is 0 Å². The molecule has 0 bridgehead atoms. The van der Waals surface area contributed by atoms with Gasteiger partial charge in [-0.15, -0.1) is 10.2 Å². The molecule has 3 heteroatoms. The third kappa shape index (κ3) is 2.46. The van der Waals surface area contributed by atoms with E-state index in [2.05, 4.69) is 83.2 Å². The summed E-state index contributed by atoms with van der Waals surface area (Å²) in [6, 6.07) is 17.0. The number of hydrogen-bond donors (Lipinski definition) is 0. The van der Waals surface area contributed by atoms with Crippen LogP contribution in [0.5, 0.6) is 0 Å². The van der Waals surface area contributed by atoms with Gasteiger partial charge in [0, 0.05) is 17.1 Å². The molecule has 0 saturated carbocycles. The molecule has 3 nitrogen and oxygen atoms in total. The Morgan fingerprint density at radius 3 is 2.42 bits per heavy atom. The number of hydrogen-bond acceptors (Lipinski definition) is 2. The first-order chi connectivity index (χ1) is 11.8. The highest BCUT2D eigenvalue weighted by atomic mass is 15.2. The Labute approximate surface area is 142 Å². The second-order valence-electron chi connectivity index (χ2n) is 6.39. The number of fused-ring (bicyclic) bond motifs is 3. The number of aryl methyl sites for hydroxylation is 2. The fourth-order valence-corrected chi connectivity index (χ4v) is 3.25. The third-order valence-corrected chi connectivity index (χ3v) is 4.60. The molecule has 0 aliphatic carbocycles. The Bertz CT molecular complexity index is 997. The van der Waals surface area contributed by atoms with E-state index in [9.17, 15) is 0 Å². The monoisotopic (exact) mass is 315 g/mol. The molecule has 0 aliphatic rings. The first-order valence-electron chi connectivity index (χ1n) is 8.60. The normalized spacial score (nSPS) is 11.4. The number of nitrogens with zero attached hydrogens (tertiary/aromatic N) is 3. The lowest BCUT2D eigenvalue weighted by atomic mass is 10.0. The van der Waals surface area contributed by atoms with Gasteiger partial charge in [-0.05, 0) is 30.7 Å². The van der Waals surface area contributed by atoms with Gasteiger partial charge < -0.3 is 0 Å². The SMILES string of the molecule is CCCCc1cn2c(-c3ccc(C)cc3)nnc2c2ccccc12. The van der Waals surface area contributed by atoms with Crippen LogP contribution in [0, 0.1) is 6.92 Å². The molecule has 0 spiro atoms. The highest BCUT2D eigenvalue weighted by molar-refractivity contribution is 5.96. The fourth-order valence-electron chi connectivity index (χ4n) is 3.25. The maximum atomic E-state index is 4.48. The number of rotatable bonds is 4. The molecule has 2 aromatic heterocycles. The average Bonchev–Trinajstić information content (AvgIpc) is 3.04. The van der Waals surface area contributed by atoms with Gasteiger partial charge in [0.1, 0.15) is 0 Å². The first-order valence-corrected chi connectivity index (χ1v) is 8.60. The van der Waals surface area contributed by atoms with E-state index in [0.29, 0.717) is 0 Å². The third-order valence-electron chi connectivity index (χ3n) is 4.60. The minimum absolute atomic E-state index is 0.911. The molecular formula is C21H21N3. The Morgan fingerprint density at radius 2 is 1.67 bits per heavy atom. The van der Waals surface area contributed by atoms with Crippen LogP contribution in [0.1, 0.15) is 30.9 Å². The highest BCUT2D eigenvalue weighted by Gasteiger charge is 2.13. The van der Waals surface area contributed by atoms with Gasteiger partial charge in [0.05, 0.1) is 0 Å². The molecule has 0 amide bonds. The van der Waals surface area contributed by atoms with Crippen LogP contribution in [0.15, 0.2) is 54.7 Å². The zero-order valence-electron chi connectivity index (χ0n) is 14.2. The molecule has 0 radical (unpaired) electrons. The lowest BCUT2D eigenvalue weighted by molar-refractivity contribution is 0.795. The Kier molecular flexibility index (Phi) is 3.77. The molecule has 4 rings (SSSR count). The molecule has 4 aromatic rings. The molecule has 0 aliphatic heterocycles. The second kappa shape index (κ2) is 6.08. The van der Waals surface area contributed by atoms with Crippen LogP contribution in [-0.2, 0) is 6.42 Å². The Morgan fingerprint density at radius 1 is 0.917 bits per heavy atom. The number of aromatic nitrogens is 3. The summed E-state index contributed by atoms with van der Waals surface area (Å²) in [6.45, 7) is 4.33. The quantitative estimate of drug-likeness (QED) is 0.518. The van der Waals surface area contributed by atoms with E-state index in [1.165, 1.54) is 34.7 Å². The topological polar surface area (TPSA) is 30.2 Å². The van der Waals surface area contributed by atoms with Gasteiger partial charge >= 0.3 is 0 Å². The molecule has 0 unspecified atom stereocenters. The minimum atomic E-state index is 0.911. The minimum Gasteiger partial charge on any atom is -0.282 e. The summed E-state index contributed by atoms with van der Waals surface area (Å²) in [5.41, 5.74) is 4.65. The molecule has 2 aromatic carbocycles. The molecule has 120 valence electrons. The Balaban J connectivity index is 1.97. The summed E-state index contributed by atoms with van der Waals surface area (Å²) < 4.78 is 2.15. The zero-order valence-corrected chi connectivity index (χ0v) is 14.2. The van der Waals surface area contributed by atoms with Crippen molar-refractivity contribution in [3.63, 3.8) is 0 Å². The molecule has 24 heavy (non-hydrogen) atoms. The average molecular weight is 315 g/mol. The van der Waals surface area contributed by atoms with Crippen molar-refractivity contribution in [1.82, 2.24) is 14.6 Å². The predicted molar refractivity (Wildman–Crippen MR) is 99.3 cm³/mol. The van der Waals surface area contributed by atoms with Crippen LogP contribution in [0.2, 0.25) is 0 Å². The number of unbranched alkanes of at least 4 members (excludes halogenated alkanes) is 1. The van der Waals surface area contributed by atoms with Crippen LogP contribution in [0.25, 0.3) is 27.8 Å². The van der Waals surface area contributed by atoms with Crippen molar-refractivity contribution >= 4 is 16.4 Å². The molecule has 0 fully saturated rings. The van der Waals surface area contributed by atoms with E-state index in [-0.39, 0.29) is 0 Å². The van der Waals surface area contributed by atoms with Gasteiger partial charge in [0.25, 0.3) is 0 Å². The van der Waals surface area contributed by atoms with E-state index >= 15 is 0 Å². The lowest BCUT2D eigenvalue weighted by Gasteiger charge is -2.09. The van der Waals surface area contributed by atoms with E-state index < -0.39 is 0 Å². The summed E-state index contributed by atoms with van der Waals surface area (Å²) in [5.74, 6) is 0.911. The van der Waals surface area contributed by atoms with E-state index in [0.717, 1.165) is 23.5 Å². The molecule has 0 N–H and O–H groups in total. The largest absolute Gasteiger partial charge is 0.282 e. The maximum absolute atomic E-state index is 4.48. The second-order valence-corrected chi connectivity index (χ2v) is 6.39. The maximum Gasteiger partial charge on any atom is 0.168 e. The Hall–Kier alpha value is -2.68. The van der Waals surface area contributed by atoms with Gasteiger partial charge in [-0.2, -0.15) is 0 Å². The summed E-state index contributed by atoms with van der Waals surface area (Å²) in [4.78, 5) is 0. The van der Waals surface area contributed by atoms with Crippen LogP contribution in [-0.4, -0.2) is 14.6 Å². The van der Waals surface area contributed by atoms with Crippen molar-refractivity contribution in [3.05, 3.63) is 65.9 Å². The van der Waals surface area contributed by atoms with Crippen LogP contribution >= 0.6 is 0 Å². The molecule has 2 heterocycles. The summed E-state index contributed by atoms with van der Waals surface area (Å²) >= 11 is 0. The van der Waals surface area contributed by atoms with Gasteiger partial charge in [-0.3, -0.25) is 4.40 Å². The van der Waals surface area contributed by atoms with Gasteiger partial charge in [0.15, 0.2) is 11.5 Å². The van der Waals surface area contributed by atoms with Crippen LogP contribution in [0.4, 0.5) is 0 Å². The standard InChI is InChI=1S/C21H21N3/c1-3-4-7-17-14-24-20(16-12-10-15(2)11-13-16)22-23-21(24)19-9-6-5-8-18(17)19/h5-6,8-14H,3-4,7H2,1-2H3. The van der Waals surface area contributed by atoms with Crippen LogP contribution < -0.4 is 0 Å². The van der Waals surface area contributed by atoms with Gasteiger partial charge in [-0.25, -0.2) is 0 Å². The smallest absolute Gasteiger partial charge is 0.168 e. The van der Waals surface area contributed by atoms with Gasteiger partial charge in [-0.1, -0.05) is 67.4 Å². The number of benzene rings is 2. The van der Waals surface area contributed by atoms with Crippen molar-refractivity contribution in [2.75, 3.05) is 0 Å². The molecule has 0 saturated heterocycles. The van der Waals surface area contributed by atoms with Crippen molar-refractivity contribution in [2.45, 2.75) is 33.1 Å². The van der Waals surface area contributed by atoms with E-state index in [1.54, 1.807) is 0 Å². The summed E-state index contributed by atoms with van der Waals surface area (Å²) in [5, 5.41) is 11.4. The van der Waals surface area contributed by atoms with Crippen molar-refractivity contribution in [3.8, 4) is 11.4 Å². The lowest BCUT2D eigenvalue weighted by Crippen LogP contribution is -1.96. The number of pyridine rings is 1. The summed E-state index contributed by atoms with van der Waals surface area (Å²) in [7, 11) is 0.